The van der Waals surface area contributed by atoms with Gasteiger partial charge in [0.05, 0.1) is 0 Å². The number of hydrogen-bond donors (Lipinski definition) is 1. The number of hydrogen-bond acceptors (Lipinski definition) is 1. The van der Waals surface area contributed by atoms with Crippen LogP contribution in [0, 0.1) is 11.8 Å². The molecule has 88 valence electrons. The van der Waals surface area contributed by atoms with E-state index in [4.69, 9.17) is 11.6 Å². The summed E-state index contributed by atoms with van der Waals surface area (Å²) < 4.78 is 0. The van der Waals surface area contributed by atoms with Gasteiger partial charge in [0.2, 0.25) is 0 Å². The molecule has 2 heteroatoms. The summed E-state index contributed by atoms with van der Waals surface area (Å²) >= 11 is 5.86. The first-order valence-corrected chi connectivity index (χ1v) is 6.52. The van der Waals surface area contributed by atoms with Gasteiger partial charge < -0.3 is 5.11 Å². The van der Waals surface area contributed by atoms with Crippen molar-refractivity contribution >= 4 is 11.6 Å². The molecule has 2 rings (SSSR count). The SMILES string of the molecule is OCC(Cc1ccc(Cl)cc1)C1CCCC1. The number of halogens is 1. The Morgan fingerprint density at radius 3 is 2.38 bits per heavy atom. The van der Waals surface area contributed by atoms with Gasteiger partial charge in [-0.3, -0.25) is 0 Å². The smallest absolute Gasteiger partial charge is 0.0465 e. The van der Waals surface area contributed by atoms with Gasteiger partial charge >= 0.3 is 0 Å². The van der Waals surface area contributed by atoms with Crippen LogP contribution in [-0.2, 0) is 6.42 Å². The summed E-state index contributed by atoms with van der Waals surface area (Å²) in [4.78, 5) is 0. The molecule has 1 aliphatic carbocycles. The third kappa shape index (κ3) is 2.99. The van der Waals surface area contributed by atoms with Crippen LogP contribution in [0.2, 0.25) is 5.02 Å². The van der Waals surface area contributed by atoms with Gasteiger partial charge in [0.15, 0.2) is 0 Å². The van der Waals surface area contributed by atoms with E-state index in [-0.39, 0.29) is 0 Å². The molecule has 1 atom stereocenters. The van der Waals surface area contributed by atoms with E-state index in [2.05, 4.69) is 12.1 Å². The Morgan fingerprint density at radius 2 is 1.81 bits per heavy atom. The summed E-state index contributed by atoms with van der Waals surface area (Å²) in [6.07, 6.45) is 6.24. The fourth-order valence-corrected chi connectivity index (χ4v) is 2.86. The maximum absolute atomic E-state index is 9.48. The second-order valence-corrected chi connectivity index (χ2v) is 5.25. The zero-order valence-corrected chi connectivity index (χ0v) is 10.3. The molecule has 1 N–H and O–H groups in total. The molecule has 0 bridgehead atoms. The van der Waals surface area contributed by atoms with Gasteiger partial charge in [-0.1, -0.05) is 49.4 Å². The number of aliphatic hydroxyl groups is 1. The molecule has 1 aliphatic rings. The highest BCUT2D eigenvalue weighted by Crippen LogP contribution is 2.33. The van der Waals surface area contributed by atoms with Gasteiger partial charge in [-0.2, -0.15) is 0 Å². The van der Waals surface area contributed by atoms with Crippen molar-refractivity contribution in [2.45, 2.75) is 32.1 Å². The zero-order chi connectivity index (χ0) is 11.4. The summed E-state index contributed by atoms with van der Waals surface area (Å²) in [5, 5.41) is 10.3. The summed E-state index contributed by atoms with van der Waals surface area (Å²) in [5.74, 6) is 1.16. The van der Waals surface area contributed by atoms with E-state index in [1.54, 1.807) is 0 Å². The maximum atomic E-state index is 9.48. The Balaban J connectivity index is 1.97. The third-order valence-electron chi connectivity index (χ3n) is 3.71. The van der Waals surface area contributed by atoms with E-state index in [1.165, 1.54) is 31.2 Å². The highest BCUT2D eigenvalue weighted by atomic mass is 35.5. The monoisotopic (exact) mass is 238 g/mol. The van der Waals surface area contributed by atoms with Gasteiger partial charge in [-0.05, 0) is 36.0 Å². The van der Waals surface area contributed by atoms with Gasteiger partial charge in [-0.15, -0.1) is 0 Å². The van der Waals surface area contributed by atoms with Crippen molar-refractivity contribution < 1.29 is 5.11 Å². The molecular weight excluding hydrogens is 220 g/mol. The lowest BCUT2D eigenvalue weighted by Crippen LogP contribution is -2.18. The van der Waals surface area contributed by atoms with Crippen LogP contribution in [0.4, 0.5) is 0 Å². The minimum absolute atomic E-state index is 0.313. The van der Waals surface area contributed by atoms with Crippen molar-refractivity contribution in [3.8, 4) is 0 Å². The Bertz CT molecular complexity index is 314. The minimum atomic E-state index is 0.313. The molecule has 16 heavy (non-hydrogen) atoms. The lowest BCUT2D eigenvalue weighted by Gasteiger charge is -2.21. The molecule has 0 spiro atoms. The first-order chi connectivity index (χ1) is 7.79. The Labute approximate surface area is 102 Å². The summed E-state index contributed by atoms with van der Waals surface area (Å²) in [6, 6.07) is 8.00. The van der Waals surface area contributed by atoms with Gasteiger partial charge in [0, 0.05) is 11.6 Å². The molecule has 1 fully saturated rings. The van der Waals surface area contributed by atoms with Crippen LogP contribution in [0.1, 0.15) is 31.2 Å². The van der Waals surface area contributed by atoms with E-state index in [0.717, 1.165) is 17.4 Å². The van der Waals surface area contributed by atoms with Crippen molar-refractivity contribution in [3.63, 3.8) is 0 Å². The third-order valence-corrected chi connectivity index (χ3v) is 3.96. The molecule has 0 amide bonds. The van der Waals surface area contributed by atoms with Crippen molar-refractivity contribution in [1.82, 2.24) is 0 Å². The maximum Gasteiger partial charge on any atom is 0.0465 e. The van der Waals surface area contributed by atoms with Crippen LogP contribution in [0.5, 0.6) is 0 Å². The molecule has 0 radical (unpaired) electrons. The molecule has 1 nitrogen and oxygen atoms in total. The first kappa shape index (κ1) is 11.9. The van der Waals surface area contributed by atoms with E-state index in [9.17, 15) is 5.11 Å². The molecular formula is C14H19ClO. The van der Waals surface area contributed by atoms with Crippen LogP contribution in [0.3, 0.4) is 0 Å². The minimum Gasteiger partial charge on any atom is -0.396 e. The van der Waals surface area contributed by atoms with E-state index >= 15 is 0 Å². The summed E-state index contributed by atoms with van der Waals surface area (Å²) in [7, 11) is 0. The quantitative estimate of drug-likeness (QED) is 0.849. The molecule has 0 saturated heterocycles. The second kappa shape index (κ2) is 5.70. The molecule has 0 aromatic heterocycles. The van der Waals surface area contributed by atoms with Crippen molar-refractivity contribution in [2.24, 2.45) is 11.8 Å². The predicted molar refractivity (Wildman–Crippen MR) is 67.7 cm³/mol. The summed E-state index contributed by atoms with van der Waals surface area (Å²) in [6.45, 7) is 0.313. The summed E-state index contributed by atoms with van der Waals surface area (Å²) in [5.41, 5.74) is 1.29. The van der Waals surface area contributed by atoms with Crippen LogP contribution < -0.4 is 0 Å². The normalized spacial score (nSPS) is 18.9. The highest BCUT2D eigenvalue weighted by molar-refractivity contribution is 6.30. The van der Waals surface area contributed by atoms with E-state index in [0.29, 0.717) is 12.5 Å². The zero-order valence-electron chi connectivity index (χ0n) is 9.53. The van der Waals surface area contributed by atoms with Gasteiger partial charge in [0.25, 0.3) is 0 Å². The standard InChI is InChI=1S/C14H19ClO/c15-14-7-5-11(6-8-14)9-13(10-16)12-3-1-2-4-12/h5-8,12-13,16H,1-4,9-10H2. The van der Waals surface area contributed by atoms with Crippen molar-refractivity contribution in [3.05, 3.63) is 34.9 Å². The number of rotatable bonds is 4. The van der Waals surface area contributed by atoms with Gasteiger partial charge in [0.1, 0.15) is 0 Å². The van der Waals surface area contributed by atoms with E-state index < -0.39 is 0 Å². The molecule has 1 aromatic carbocycles. The van der Waals surface area contributed by atoms with Crippen LogP contribution >= 0.6 is 11.6 Å². The van der Waals surface area contributed by atoms with E-state index in [1.807, 2.05) is 12.1 Å². The fraction of sp³-hybridized carbons (Fsp3) is 0.571. The van der Waals surface area contributed by atoms with Gasteiger partial charge in [-0.25, -0.2) is 0 Å². The number of benzene rings is 1. The lowest BCUT2D eigenvalue weighted by atomic mass is 9.86. The number of aliphatic hydroxyl groups excluding tert-OH is 1. The second-order valence-electron chi connectivity index (χ2n) is 4.82. The van der Waals surface area contributed by atoms with Crippen LogP contribution in [-0.4, -0.2) is 11.7 Å². The first-order valence-electron chi connectivity index (χ1n) is 6.15. The van der Waals surface area contributed by atoms with Crippen molar-refractivity contribution in [1.29, 1.82) is 0 Å². The Hall–Kier alpha value is -0.530. The van der Waals surface area contributed by atoms with Crippen LogP contribution in [0.15, 0.2) is 24.3 Å². The topological polar surface area (TPSA) is 20.2 Å². The molecule has 1 saturated carbocycles. The van der Waals surface area contributed by atoms with Crippen LogP contribution in [0.25, 0.3) is 0 Å². The fourth-order valence-electron chi connectivity index (χ4n) is 2.73. The average Bonchev–Trinajstić information content (AvgIpc) is 2.82. The van der Waals surface area contributed by atoms with Crippen molar-refractivity contribution in [2.75, 3.05) is 6.61 Å². The average molecular weight is 239 g/mol. The molecule has 1 aromatic rings. The highest BCUT2D eigenvalue weighted by Gasteiger charge is 2.24. The molecule has 1 unspecified atom stereocenters. The largest absolute Gasteiger partial charge is 0.396 e. The molecule has 0 aliphatic heterocycles. The Kier molecular flexibility index (Phi) is 4.25. The predicted octanol–water partition coefficient (Wildman–Crippen LogP) is 3.68. The Morgan fingerprint density at radius 1 is 1.19 bits per heavy atom. The lowest BCUT2D eigenvalue weighted by molar-refractivity contribution is 0.175. The molecule has 0 heterocycles.